The second kappa shape index (κ2) is 4.19. The van der Waals surface area contributed by atoms with Gasteiger partial charge in [-0.15, -0.1) is 0 Å². The van der Waals surface area contributed by atoms with Crippen molar-refractivity contribution in [2.45, 2.75) is 38.6 Å². The van der Waals surface area contributed by atoms with Gasteiger partial charge >= 0.3 is 0 Å². The third kappa shape index (κ3) is 2.24. The number of fused-ring (bicyclic) bond motifs is 1. The first-order valence-electron chi connectivity index (χ1n) is 7.11. The van der Waals surface area contributed by atoms with Crippen molar-refractivity contribution in [1.29, 1.82) is 0 Å². The van der Waals surface area contributed by atoms with Crippen LogP contribution in [0.2, 0.25) is 19.6 Å². The van der Waals surface area contributed by atoms with Crippen molar-refractivity contribution in [3.05, 3.63) is 48.0 Å². The summed E-state index contributed by atoms with van der Waals surface area (Å²) < 4.78 is 6.58. The Kier molecular flexibility index (Phi) is 2.84. The van der Waals surface area contributed by atoms with Crippen LogP contribution in [0.15, 0.2) is 42.5 Å². The Labute approximate surface area is 116 Å². The van der Waals surface area contributed by atoms with Gasteiger partial charge in [0, 0.05) is 0 Å². The smallest absolute Gasteiger partial charge is 0.184 e. The maximum absolute atomic E-state index is 6.58. The Morgan fingerprint density at radius 3 is 2.32 bits per heavy atom. The molecule has 2 aromatic carbocycles. The molecule has 0 aromatic heterocycles. The summed E-state index contributed by atoms with van der Waals surface area (Å²) in [4.78, 5) is 0. The van der Waals surface area contributed by atoms with E-state index in [2.05, 4.69) is 69.0 Å². The Bertz CT molecular complexity index is 609. The molecule has 0 radical (unpaired) electrons. The van der Waals surface area contributed by atoms with Crippen LogP contribution < -0.4 is 0 Å². The van der Waals surface area contributed by atoms with Crippen LogP contribution in [0.25, 0.3) is 10.8 Å². The summed E-state index contributed by atoms with van der Waals surface area (Å²) in [6, 6.07) is 15.3. The molecule has 2 atom stereocenters. The topological polar surface area (TPSA) is 9.23 Å². The zero-order valence-electron chi connectivity index (χ0n) is 12.2. The number of hydrogen-bond donors (Lipinski definition) is 0. The Balaban J connectivity index is 2.13. The van der Waals surface area contributed by atoms with Crippen LogP contribution >= 0.6 is 0 Å². The molecule has 0 saturated heterocycles. The maximum atomic E-state index is 6.58. The molecule has 2 heteroatoms. The zero-order chi connectivity index (χ0) is 13.7. The maximum Gasteiger partial charge on any atom is 0.184 e. The predicted octanol–water partition coefficient (Wildman–Crippen LogP) is 4.93. The van der Waals surface area contributed by atoms with Crippen molar-refractivity contribution < 1.29 is 4.43 Å². The van der Waals surface area contributed by atoms with E-state index in [1.54, 1.807) is 0 Å². The quantitative estimate of drug-likeness (QED) is 0.719. The average molecular weight is 270 g/mol. The van der Waals surface area contributed by atoms with Crippen molar-refractivity contribution in [3.63, 3.8) is 0 Å². The minimum Gasteiger partial charge on any atom is -0.408 e. The summed E-state index contributed by atoms with van der Waals surface area (Å²) in [7, 11) is -1.54. The fourth-order valence-electron chi connectivity index (χ4n) is 3.11. The second-order valence-electron chi connectivity index (χ2n) is 6.74. The molecule has 0 bridgehead atoms. The highest BCUT2D eigenvalue weighted by Gasteiger charge is 2.56. The predicted molar refractivity (Wildman–Crippen MR) is 83.8 cm³/mol. The summed E-state index contributed by atoms with van der Waals surface area (Å²) >= 11 is 0. The highest BCUT2D eigenvalue weighted by Crippen LogP contribution is 2.57. The van der Waals surface area contributed by atoms with Gasteiger partial charge in [-0.2, -0.15) is 0 Å². The van der Waals surface area contributed by atoms with E-state index in [-0.39, 0.29) is 5.60 Å². The summed E-state index contributed by atoms with van der Waals surface area (Å²) in [5.41, 5.74) is 1.37. The van der Waals surface area contributed by atoms with E-state index in [1.165, 1.54) is 16.3 Å². The van der Waals surface area contributed by atoms with Crippen molar-refractivity contribution in [1.82, 2.24) is 0 Å². The molecule has 0 heterocycles. The van der Waals surface area contributed by atoms with E-state index in [9.17, 15) is 0 Å². The first kappa shape index (κ1) is 12.9. The first-order chi connectivity index (χ1) is 8.92. The first-order valence-corrected chi connectivity index (χ1v) is 10.5. The van der Waals surface area contributed by atoms with Gasteiger partial charge in [-0.05, 0) is 48.3 Å². The fraction of sp³-hybridized carbons (Fsp3) is 0.412. The highest BCUT2D eigenvalue weighted by molar-refractivity contribution is 6.69. The standard InChI is InChI=1S/C17H22OSi/c1-13-12-17(13,18-19(2,3)4)16-11-7-9-14-8-5-6-10-15(14)16/h5-11,13H,12H2,1-4H3. The van der Waals surface area contributed by atoms with Crippen LogP contribution in [0.5, 0.6) is 0 Å². The van der Waals surface area contributed by atoms with Crippen LogP contribution in [0.3, 0.4) is 0 Å². The molecule has 3 rings (SSSR count). The summed E-state index contributed by atoms with van der Waals surface area (Å²) in [5.74, 6) is 0.630. The molecule has 100 valence electrons. The van der Waals surface area contributed by atoms with Crippen molar-refractivity contribution in [2.24, 2.45) is 5.92 Å². The number of benzene rings is 2. The molecule has 0 spiro atoms. The average Bonchev–Trinajstić information content (AvgIpc) is 2.97. The summed E-state index contributed by atoms with van der Waals surface area (Å²) in [6.07, 6.45) is 1.16. The molecule has 0 amide bonds. The normalized spacial score (nSPS) is 26.6. The SMILES string of the molecule is CC1CC1(O[Si](C)(C)C)c1cccc2ccccc12. The Hall–Kier alpha value is -1.12. The molecule has 2 unspecified atom stereocenters. The van der Waals surface area contributed by atoms with Gasteiger partial charge in [0.1, 0.15) is 0 Å². The van der Waals surface area contributed by atoms with Crippen molar-refractivity contribution in [2.75, 3.05) is 0 Å². The molecule has 0 N–H and O–H groups in total. The van der Waals surface area contributed by atoms with E-state index in [4.69, 9.17) is 4.43 Å². The minimum absolute atomic E-state index is 0.0225. The molecular weight excluding hydrogens is 248 g/mol. The van der Waals surface area contributed by atoms with Gasteiger partial charge in [0.05, 0.1) is 5.60 Å². The Morgan fingerprint density at radius 2 is 1.68 bits per heavy atom. The molecule has 19 heavy (non-hydrogen) atoms. The van der Waals surface area contributed by atoms with Gasteiger partial charge in [0.25, 0.3) is 0 Å². The number of rotatable bonds is 3. The zero-order valence-corrected chi connectivity index (χ0v) is 13.2. The van der Waals surface area contributed by atoms with Gasteiger partial charge in [-0.1, -0.05) is 49.4 Å². The lowest BCUT2D eigenvalue weighted by molar-refractivity contribution is 0.157. The van der Waals surface area contributed by atoms with E-state index < -0.39 is 8.32 Å². The van der Waals surface area contributed by atoms with Gasteiger partial charge in [-0.3, -0.25) is 0 Å². The van der Waals surface area contributed by atoms with Crippen LogP contribution in [-0.4, -0.2) is 8.32 Å². The van der Waals surface area contributed by atoms with Crippen LogP contribution in [-0.2, 0) is 10.0 Å². The second-order valence-corrected chi connectivity index (χ2v) is 11.2. The van der Waals surface area contributed by atoms with Crippen molar-refractivity contribution in [3.8, 4) is 0 Å². The van der Waals surface area contributed by atoms with E-state index in [1.807, 2.05) is 0 Å². The van der Waals surface area contributed by atoms with Gasteiger partial charge in [-0.25, -0.2) is 0 Å². The summed E-state index contributed by atoms with van der Waals surface area (Å²) in [5, 5.41) is 2.67. The molecule has 2 aromatic rings. The Morgan fingerprint density at radius 1 is 1.05 bits per heavy atom. The number of hydrogen-bond acceptors (Lipinski definition) is 1. The monoisotopic (exact) mass is 270 g/mol. The van der Waals surface area contributed by atoms with Crippen molar-refractivity contribution >= 4 is 19.1 Å². The lowest BCUT2D eigenvalue weighted by Crippen LogP contribution is -2.33. The molecular formula is C17H22OSi. The molecule has 1 nitrogen and oxygen atoms in total. The van der Waals surface area contributed by atoms with Gasteiger partial charge in [0.15, 0.2) is 8.32 Å². The lowest BCUT2D eigenvalue weighted by Gasteiger charge is -2.28. The van der Waals surface area contributed by atoms with E-state index in [0.717, 1.165) is 6.42 Å². The largest absolute Gasteiger partial charge is 0.408 e. The van der Waals surface area contributed by atoms with E-state index in [0.29, 0.717) is 5.92 Å². The van der Waals surface area contributed by atoms with E-state index >= 15 is 0 Å². The fourth-order valence-corrected chi connectivity index (χ4v) is 4.60. The molecule has 1 fully saturated rings. The van der Waals surface area contributed by atoms with Gasteiger partial charge < -0.3 is 4.43 Å². The minimum atomic E-state index is -1.54. The third-order valence-electron chi connectivity index (χ3n) is 3.98. The molecule has 1 aliphatic rings. The molecule has 0 aliphatic heterocycles. The van der Waals surface area contributed by atoms with Gasteiger partial charge in [0.2, 0.25) is 0 Å². The molecule has 1 saturated carbocycles. The highest BCUT2D eigenvalue weighted by atomic mass is 28.4. The molecule has 1 aliphatic carbocycles. The summed E-state index contributed by atoms with van der Waals surface area (Å²) in [6.45, 7) is 9.16. The van der Waals surface area contributed by atoms with Crippen LogP contribution in [0.1, 0.15) is 18.9 Å². The van der Waals surface area contributed by atoms with Crippen LogP contribution in [0, 0.1) is 5.92 Å². The third-order valence-corrected chi connectivity index (χ3v) is 4.96. The van der Waals surface area contributed by atoms with Crippen LogP contribution in [0.4, 0.5) is 0 Å². The lowest BCUT2D eigenvalue weighted by atomic mass is 9.98.